The van der Waals surface area contributed by atoms with Gasteiger partial charge < -0.3 is 14.7 Å². The molecule has 0 bridgehead atoms. The second kappa shape index (κ2) is 10.2. The highest BCUT2D eigenvalue weighted by molar-refractivity contribution is 6.31. The number of β-amino-alcohol motifs (C(OH)–C–C–N with tert-alkyl or cyclic N) is 1. The molecule has 7 heteroatoms. The number of aliphatic hydroxyl groups is 1. The second-order valence-corrected chi connectivity index (χ2v) is 7.06. The topological polar surface area (TPSA) is 35.9 Å². The SMILES string of the molecule is Cl.OC(COc1ccc(Cl)cc1)CN1CCN(c2cccc(Cl)c2)CC1. The van der Waals surface area contributed by atoms with E-state index in [9.17, 15) is 5.11 Å². The van der Waals surface area contributed by atoms with E-state index in [4.69, 9.17) is 27.9 Å². The number of hydrogen-bond donors (Lipinski definition) is 1. The van der Waals surface area contributed by atoms with Crippen LogP contribution in [0.25, 0.3) is 0 Å². The molecule has 0 aliphatic carbocycles. The molecule has 1 fully saturated rings. The van der Waals surface area contributed by atoms with Gasteiger partial charge in [0.15, 0.2) is 0 Å². The average molecular weight is 418 g/mol. The van der Waals surface area contributed by atoms with Gasteiger partial charge in [0.1, 0.15) is 18.5 Å². The summed E-state index contributed by atoms with van der Waals surface area (Å²) < 4.78 is 5.61. The molecule has 2 aromatic rings. The molecule has 1 unspecified atom stereocenters. The Morgan fingerprint density at radius 2 is 1.65 bits per heavy atom. The van der Waals surface area contributed by atoms with Gasteiger partial charge in [0.05, 0.1) is 0 Å². The van der Waals surface area contributed by atoms with Gasteiger partial charge >= 0.3 is 0 Å². The molecule has 4 nitrogen and oxygen atoms in total. The number of rotatable bonds is 6. The van der Waals surface area contributed by atoms with Crippen LogP contribution in [0.5, 0.6) is 5.75 Å². The molecule has 2 aromatic carbocycles. The maximum atomic E-state index is 10.2. The summed E-state index contributed by atoms with van der Waals surface area (Å²) in [5.74, 6) is 0.717. The fourth-order valence-corrected chi connectivity index (χ4v) is 3.25. The Labute approximate surface area is 170 Å². The molecule has 1 N–H and O–H groups in total. The summed E-state index contributed by atoms with van der Waals surface area (Å²) in [5, 5.41) is 11.6. The summed E-state index contributed by atoms with van der Waals surface area (Å²) in [5.41, 5.74) is 1.15. The first-order valence-corrected chi connectivity index (χ1v) is 9.15. The minimum Gasteiger partial charge on any atom is -0.491 e. The fourth-order valence-electron chi connectivity index (χ4n) is 2.94. The number of ether oxygens (including phenoxy) is 1. The van der Waals surface area contributed by atoms with Gasteiger partial charge in [-0.15, -0.1) is 12.4 Å². The van der Waals surface area contributed by atoms with Crippen molar-refractivity contribution in [3.63, 3.8) is 0 Å². The van der Waals surface area contributed by atoms with E-state index in [1.807, 2.05) is 18.2 Å². The molecule has 0 radical (unpaired) electrons. The van der Waals surface area contributed by atoms with E-state index >= 15 is 0 Å². The molecule has 1 atom stereocenters. The Hall–Kier alpha value is -1.17. The lowest BCUT2D eigenvalue weighted by atomic mass is 10.2. The third-order valence-corrected chi connectivity index (χ3v) is 4.76. The predicted octanol–water partition coefficient (Wildman–Crippen LogP) is 3.98. The van der Waals surface area contributed by atoms with Crippen LogP contribution in [0, 0.1) is 0 Å². The number of nitrogens with zero attached hydrogens (tertiary/aromatic N) is 2. The molecule has 1 saturated heterocycles. The molecule has 0 spiro atoms. The molecule has 1 aliphatic heterocycles. The minimum absolute atomic E-state index is 0. The van der Waals surface area contributed by atoms with Gasteiger partial charge in [-0.1, -0.05) is 29.3 Å². The van der Waals surface area contributed by atoms with Crippen LogP contribution in [0.1, 0.15) is 0 Å². The first kappa shape index (κ1) is 21.1. The van der Waals surface area contributed by atoms with Gasteiger partial charge in [-0.25, -0.2) is 0 Å². The van der Waals surface area contributed by atoms with E-state index in [0.717, 1.165) is 36.9 Å². The van der Waals surface area contributed by atoms with Gasteiger partial charge in [0, 0.05) is 48.5 Å². The minimum atomic E-state index is -0.520. The molecule has 1 aliphatic rings. The highest BCUT2D eigenvalue weighted by Crippen LogP contribution is 2.21. The first-order valence-electron chi connectivity index (χ1n) is 8.39. The molecule has 3 rings (SSSR count). The smallest absolute Gasteiger partial charge is 0.119 e. The van der Waals surface area contributed by atoms with Crippen LogP contribution in [-0.2, 0) is 0 Å². The second-order valence-electron chi connectivity index (χ2n) is 6.19. The normalized spacial score (nSPS) is 16.0. The van der Waals surface area contributed by atoms with E-state index in [2.05, 4.69) is 15.9 Å². The average Bonchev–Trinajstić information content (AvgIpc) is 2.62. The predicted molar refractivity (Wildman–Crippen MR) is 110 cm³/mol. The largest absolute Gasteiger partial charge is 0.491 e. The van der Waals surface area contributed by atoms with Crippen molar-refractivity contribution < 1.29 is 9.84 Å². The van der Waals surface area contributed by atoms with Crippen LogP contribution in [0.4, 0.5) is 5.69 Å². The third-order valence-electron chi connectivity index (χ3n) is 4.27. The van der Waals surface area contributed by atoms with Crippen molar-refractivity contribution in [1.82, 2.24) is 4.90 Å². The Balaban J connectivity index is 0.00000243. The van der Waals surface area contributed by atoms with Crippen LogP contribution in [0.2, 0.25) is 10.0 Å². The van der Waals surface area contributed by atoms with Gasteiger partial charge in [0.2, 0.25) is 0 Å². The molecule has 1 heterocycles. The molecule has 0 aromatic heterocycles. The number of benzene rings is 2. The van der Waals surface area contributed by atoms with Crippen LogP contribution < -0.4 is 9.64 Å². The van der Waals surface area contributed by atoms with Gasteiger partial charge in [-0.3, -0.25) is 4.90 Å². The summed E-state index contributed by atoms with van der Waals surface area (Å²) in [4.78, 5) is 4.58. The van der Waals surface area contributed by atoms with Gasteiger partial charge in [-0.05, 0) is 42.5 Å². The van der Waals surface area contributed by atoms with Gasteiger partial charge in [0.25, 0.3) is 0 Å². The lowest BCUT2D eigenvalue weighted by Gasteiger charge is -2.36. The monoisotopic (exact) mass is 416 g/mol. The Bertz CT molecular complexity index is 677. The summed E-state index contributed by atoms with van der Waals surface area (Å²) in [7, 11) is 0. The van der Waals surface area contributed by atoms with Crippen LogP contribution in [0.15, 0.2) is 48.5 Å². The zero-order valence-electron chi connectivity index (χ0n) is 14.4. The van der Waals surface area contributed by atoms with Crippen molar-refractivity contribution in [1.29, 1.82) is 0 Å². The summed E-state index contributed by atoms with van der Waals surface area (Å²) in [6.45, 7) is 4.54. The number of halogens is 3. The lowest BCUT2D eigenvalue weighted by Crippen LogP contribution is -2.49. The van der Waals surface area contributed by atoms with Crippen molar-refractivity contribution >= 4 is 41.3 Å². The summed E-state index contributed by atoms with van der Waals surface area (Å²) in [6, 6.07) is 15.1. The molecule has 142 valence electrons. The van der Waals surface area contributed by atoms with Crippen LogP contribution >= 0.6 is 35.6 Å². The molecule has 0 saturated carbocycles. The molecule has 26 heavy (non-hydrogen) atoms. The molecular formula is C19H23Cl3N2O2. The Morgan fingerprint density at radius 3 is 2.31 bits per heavy atom. The highest BCUT2D eigenvalue weighted by Gasteiger charge is 2.20. The standard InChI is InChI=1S/C19H22Cl2N2O2.ClH/c20-15-4-6-19(7-5-15)25-14-18(24)13-22-8-10-23(11-9-22)17-3-1-2-16(21)12-17;/h1-7,12,18,24H,8-11,13-14H2;1H. The van der Waals surface area contributed by atoms with Crippen molar-refractivity contribution in [3.8, 4) is 5.75 Å². The van der Waals surface area contributed by atoms with Crippen molar-refractivity contribution in [2.45, 2.75) is 6.10 Å². The Morgan fingerprint density at radius 1 is 0.962 bits per heavy atom. The van der Waals surface area contributed by atoms with E-state index in [1.165, 1.54) is 0 Å². The quantitative estimate of drug-likeness (QED) is 0.771. The maximum absolute atomic E-state index is 10.2. The zero-order valence-corrected chi connectivity index (χ0v) is 16.7. The number of hydrogen-bond acceptors (Lipinski definition) is 4. The van der Waals surface area contributed by atoms with E-state index < -0.39 is 6.10 Å². The van der Waals surface area contributed by atoms with Crippen molar-refractivity contribution in [3.05, 3.63) is 58.6 Å². The van der Waals surface area contributed by atoms with Crippen molar-refractivity contribution in [2.75, 3.05) is 44.2 Å². The third kappa shape index (κ3) is 6.22. The number of piperazine rings is 1. The van der Waals surface area contributed by atoms with E-state index in [1.54, 1.807) is 24.3 Å². The van der Waals surface area contributed by atoms with E-state index in [-0.39, 0.29) is 19.0 Å². The van der Waals surface area contributed by atoms with Crippen LogP contribution in [-0.4, -0.2) is 55.4 Å². The fraction of sp³-hybridized carbons (Fsp3) is 0.368. The maximum Gasteiger partial charge on any atom is 0.119 e. The first-order chi connectivity index (χ1) is 12.1. The number of anilines is 1. The Kier molecular flexibility index (Phi) is 8.32. The summed E-state index contributed by atoms with van der Waals surface area (Å²) >= 11 is 11.9. The zero-order chi connectivity index (χ0) is 17.6. The van der Waals surface area contributed by atoms with Crippen LogP contribution in [0.3, 0.4) is 0 Å². The summed E-state index contributed by atoms with van der Waals surface area (Å²) in [6.07, 6.45) is -0.520. The van der Waals surface area contributed by atoms with Crippen molar-refractivity contribution in [2.24, 2.45) is 0 Å². The number of aliphatic hydroxyl groups excluding tert-OH is 1. The van der Waals surface area contributed by atoms with E-state index in [0.29, 0.717) is 17.3 Å². The highest BCUT2D eigenvalue weighted by atomic mass is 35.5. The lowest BCUT2D eigenvalue weighted by molar-refractivity contribution is 0.0663. The molecule has 0 amide bonds. The van der Waals surface area contributed by atoms with Gasteiger partial charge in [-0.2, -0.15) is 0 Å². The molecular weight excluding hydrogens is 395 g/mol.